The predicted molar refractivity (Wildman–Crippen MR) is 76.9 cm³/mol. The van der Waals surface area contributed by atoms with Crippen LogP contribution in [0, 0.1) is 6.92 Å². The molecule has 0 spiro atoms. The topological polar surface area (TPSA) is 48.1 Å². The third-order valence-electron chi connectivity index (χ3n) is 2.77. The van der Waals surface area contributed by atoms with Crippen LogP contribution in [0.2, 0.25) is 0 Å². The molecule has 94 valence electrons. The predicted octanol–water partition coefficient (Wildman–Crippen LogP) is 3.33. The molecule has 0 aliphatic heterocycles. The van der Waals surface area contributed by atoms with Gasteiger partial charge < -0.3 is 10.5 Å². The molecule has 0 bridgehead atoms. The standard InChI is InChI=1S/C14H15BrN2O/c1-9-5-11(14(16)17-8-9)6-10-7-12(18-2)3-4-13(10)15/h3-5,7-8H,6H2,1-2H3,(H2,16,17). The third kappa shape index (κ3) is 2.82. The molecule has 2 rings (SSSR count). The fraction of sp³-hybridized carbons (Fsp3) is 0.214. The minimum atomic E-state index is 0.579. The highest BCUT2D eigenvalue weighted by Gasteiger charge is 2.07. The van der Waals surface area contributed by atoms with Gasteiger partial charge in [0.15, 0.2) is 0 Å². The molecule has 0 saturated carbocycles. The normalized spacial score (nSPS) is 10.4. The summed E-state index contributed by atoms with van der Waals surface area (Å²) in [6.45, 7) is 2.01. The highest BCUT2D eigenvalue weighted by atomic mass is 79.9. The lowest BCUT2D eigenvalue weighted by Gasteiger charge is -2.09. The Morgan fingerprint density at radius 2 is 2.06 bits per heavy atom. The van der Waals surface area contributed by atoms with E-state index in [1.807, 2.05) is 25.1 Å². The van der Waals surface area contributed by atoms with Crippen LogP contribution in [0.4, 0.5) is 5.82 Å². The summed E-state index contributed by atoms with van der Waals surface area (Å²) < 4.78 is 6.28. The SMILES string of the molecule is COc1ccc(Br)c(Cc2cc(C)cnc2N)c1. The fourth-order valence-corrected chi connectivity index (χ4v) is 2.19. The molecule has 2 aromatic rings. The van der Waals surface area contributed by atoms with Crippen LogP contribution < -0.4 is 10.5 Å². The molecule has 0 amide bonds. The quantitative estimate of drug-likeness (QED) is 0.946. The molecule has 0 unspecified atom stereocenters. The van der Waals surface area contributed by atoms with E-state index in [-0.39, 0.29) is 0 Å². The van der Waals surface area contributed by atoms with Crippen LogP contribution in [0.15, 0.2) is 34.9 Å². The van der Waals surface area contributed by atoms with Gasteiger partial charge in [0.1, 0.15) is 11.6 Å². The average molecular weight is 307 g/mol. The number of ether oxygens (including phenoxy) is 1. The van der Waals surface area contributed by atoms with E-state index in [1.54, 1.807) is 13.3 Å². The summed E-state index contributed by atoms with van der Waals surface area (Å²) in [6, 6.07) is 7.97. The summed E-state index contributed by atoms with van der Waals surface area (Å²) in [5.74, 6) is 1.42. The molecule has 1 aromatic carbocycles. The smallest absolute Gasteiger partial charge is 0.126 e. The largest absolute Gasteiger partial charge is 0.497 e. The number of aromatic nitrogens is 1. The summed E-state index contributed by atoms with van der Waals surface area (Å²) >= 11 is 3.54. The Kier molecular flexibility index (Phi) is 3.87. The number of pyridine rings is 1. The van der Waals surface area contributed by atoms with Crippen molar-refractivity contribution < 1.29 is 4.74 Å². The molecular weight excluding hydrogens is 292 g/mol. The second-order valence-electron chi connectivity index (χ2n) is 4.19. The van der Waals surface area contributed by atoms with Crippen molar-refractivity contribution in [2.45, 2.75) is 13.3 Å². The van der Waals surface area contributed by atoms with Crippen molar-refractivity contribution in [2.24, 2.45) is 0 Å². The van der Waals surface area contributed by atoms with Crippen LogP contribution in [0.25, 0.3) is 0 Å². The van der Waals surface area contributed by atoms with Crippen molar-refractivity contribution in [1.29, 1.82) is 0 Å². The number of hydrogen-bond donors (Lipinski definition) is 1. The van der Waals surface area contributed by atoms with E-state index in [0.29, 0.717) is 5.82 Å². The molecule has 1 heterocycles. The maximum absolute atomic E-state index is 5.90. The van der Waals surface area contributed by atoms with E-state index in [1.165, 1.54) is 0 Å². The van der Waals surface area contributed by atoms with Crippen molar-refractivity contribution in [3.8, 4) is 5.75 Å². The number of halogens is 1. The van der Waals surface area contributed by atoms with Crippen molar-refractivity contribution >= 4 is 21.7 Å². The number of nitrogens with two attached hydrogens (primary N) is 1. The number of methoxy groups -OCH3 is 1. The molecule has 3 nitrogen and oxygen atoms in total. The summed E-state index contributed by atoms with van der Waals surface area (Å²) in [4.78, 5) is 4.18. The first-order chi connectivity index (χ1) is 8.60. The minimum Gasteiger partial charge on any atom is -0.497 e. The first-order valence-corrected chi connectivity index (χ1v) is 6.43. The lowest BCUT2D eigenvalue weighted by molar-refractivity contribution is 0.414. The van der Waals surface area contributed by atoms with Crippen LogP contribution in [0.1, 0.15) is 16.7 Å². The van der Waals surface area contributed by atoms with E-state index in [0.717, 1.165) is 33.3 Å². The first kappa shape index (κ1) is 12.9. The molecular formula is C14H15BrN2O. The van der Waals surface area contributed by atoms with Crippen LogP contribution in [-0.4, -0.2) is 12.1 Å². The number of rotatable bonds is 3. The maximum atomic E-state index is 5.90. The summed E-state index contributed by atoms with van der Waals surface area (Å²) in [7, 11) is 1.66. The van der Waals surface area contributed by atoms with E-state index in [9.17, 15) is 0 Å². The molecule has 0 fully saturated rings. The Morgan fingerprint density at radius 1 is 1.28 bits per heavy atom. The number of nitrogens with zero attached hydrogens (tertiary/aromatic N) is 1. The van der Waals surface area contributed by atoms with Crippen molar-refractivity contribution in [2.75, 3.05) is 12.8 Å². The van der Waals surface area contributed by atoms with Crippen LogP contribution in [0.5, 0.6) is 5.75 Å². The van der Waals surface area contributed by atoms with Gasteiger partial charge in [0.2, 0.25) is 0 Å². The van der Waals surface area contributed by atoms with Gasteiger partial charge in [-0.25, -0.2) is 4.98 Å². The first-order valence-electron chi connectivity index (χ1n) is 5.63. The molecule has 0 aliphatic carbocycles. The lowest BCUT2D eigenvalue weighted by Crippen LogP contribution is -2.00. The highest BCUT2D eigenvalue weighted by Crippen LogP contribution is 2.26. The molecule has 4 heteroatoms. The van der Waals surface area contributed by atoms with Gasteiger partial charge >= 0.3 is 0 Å². The molecule has 0 atom stereocenters. The Hall–Kier alpha value is -1.55. The summed E-state index contributed by atoms with van der Waals surface area (Å²) in [6.07, 6.45) is 2.51. The minimum absolute atomic E-state index is 0.579. The van der Waals surface area contributed by atoms with E-state index < -0.39 is 0 Å². The number of hydrogen-bond acceptors (Lipinski definition) is 3. The molecule has 18 heavy (non-hydrogen) atoms. The zero-order valence-electron chi connectivity index (χ0n) is 10.4. The second kappa shape index (κ2) is 5.40. The van der Waals surface area contributed by atoms with Gasteiger partial charge in [-0.15, -0.1) is 0 Å². The van der Waals surface area contributed by atoms with E-state index in [4.69, 9.17) is 10.5 Å². The van der Waals surface area contributed by atoms with Gasteiger partial charge in [0, 0.05) is 17.1 Å². The van der Waals surface area contributed by atoms with Crippen LogP contribution in [-0.2, 0) is 6.42 Å². The Balaban J connectivity index is 2.36. The zero-order chi connectivity index (χ0) is 13.1. The molecule has 0 aliphatic rings. The van der Waals surface area contributed by atoms with Gasteiger partial charge in [-0.1, -0.05) is 22.0 Å². The fourth-order valence-electron chi connectivity index (χ4n) is 1.80. The zero-order valence-corrected chi connectivity index (χ0v) is 12.0. The molecule has 2 N–H and O–H groups in total. The Bertz CT molecular complexity index is 570. The maximum Gasteiger partial charge on any atom is 0.126 e. The molecule has 0 radical (unpaired) electrons. The summed E-state index contributed by atoms with van der Waals surface area (Å²) in [5, 5.41) is 0. The molecule has 1 aromatic heterocycles. The second-order valence-corrected chi connectivity index (χ2v) is 5.05. The van der Waals surface area contributed by atoms with Gasteiger partial charge in [-0.3, -0.25) is 0 Å². The van der Waals surface area contributed by atoms with Gasteiger partial charge in [-0.2, -0.15) is 0 Å². The third-order valence-corrected chi connectivity index (χ3v) is 3.55. The number of nitrogen functional groups attached to an aromatic ring is 1. The van der Waals surface area contributed by atoms with E-state index >= 15 is 0 Å². The van der Waals surface area contributed by atoms with Crippen LogP contribution >= 0.6 is 15.9 Å². The van der Waals surface area contributed by atoms with Crippen molar-refractivity contribution in [3.63, 3.8) is 0 Å². The monoisotopic (exact) mass is 306 g/mol. The van der Waals surface area contributed by atoms with Crippen molar-refractivity contribution in [1.82, 2.24) is 4.98 Å². The van der Waals surface area contributed by atoms with Gasteiger partial charge in [0.25, 0.3) is 0 Å². The Morgan fingerprint density at radius 3 is 2.78 bits per heavy atom. The number of anilines is 1. The Labute approximate surface area is 115 Å². The van der Waals surface area contributed by atoms with Gasteiger partial charge in [-0.05, 0) is 41.8 Å². The number of aryl methyl sites for hydroxylation is 1. The highest BCUT2D eigenvalue weighted by molar-refractivity contribution is 9.10. The van der Waals surface area contributed by atoms with E-state index in [2.05, 4.69) is 27.0 Å². The van der Waals surface area contributed by atoms with Crippen LogP contribution in [0.3, 0.4) is 0 Å². The molecule has 0 saturated heterocycles. The van der Waals surface area contributed by atoms with Gasteiger partial charge in [0.05, 0.1) is 7.11 Å². The van der Waals surface area contributed by atoms with Crippen molar-refractivity contribution in [3.05, 3.63) is 51.6 Å². The summed E-state index contributed by atoms with van der Waals surface area (Å²) in [5.41, 5.74) is 9.17. The number of benzene rings is 1. The average Bonchev–Trinajstić information content (AvgIpc) is 2.36. The lowest BCUT2D eigenvalue weighted by atomic mass is 10.0.